The Balaban J connectivity index is 1.83. The van der Waals surface area contributed by atoms with Crippen molar-refractivity contribution in [2.45, 2.75) is 59.0 Å². The molecule has 3 unspecified atom stereocenters. The van der Waals surface area contributed by atoms with Gasteiger partial charge in [-0.3, -0.25) is 0 Å². The van der Waals surface area contributed by atoms with Gasteiger partial charge in [-0.2, -0.15) is 5.10 Å². The van der Waals surface area contributed by atoms with Crippen LogP contribution in [0.5, 0.6) is 0 Å². The molecular weight excluding hydrogens is 248 g/mol. The first kappa shape index (κ1) is 13.6. The maximum absolute atomic E-state index is 4.53. The lowest BCUT2D eigenvalue weighted by Gasteiger charge is -2.21. The van der Waals surface area contributed by atoms with Crippen molar-refractivity contribution in [1.29, 1.82) is 0 Å². The van der Waals surface area contributed by atoms with E-state index < -0.39 is 0 Å². The van der Waals surface area contributed by atoms with Crippen LogP contribution >= 0.6 is 0 Å². The van der Waals surface area contributed by atoms with Crippen LogP contribution in [-0.4, -0.2) is 20.6 Å². The zero-order chi connectivity index (χ0) is 14.3. The molecule has 1 N–H and O–H groups in total. The second kappa shape index (κ2) is 5.17. The Hall–Kier alpha value is -1.42. The number of aromatic nitrogens is 3. The molecule has 0 saturated heterocycles. The lowest BCUT2D eigenvalue weighted by atomic mass is 10.1. The highest BCUT2D eigenvalue weighted by Gasteiger charge is 2.23. The minimum absolute atomic E-state index is 0.326. The number of hydrogen-bond acceptors (Lipinski definition) is 3. The minimum atomic E-state index is 0.326. The fraction of sp³-hybridized carbons (Fsp3) is 0.625. The second-order valence-corrected chi connectivity index (χ2v) is 6.36. The van der Waals surface area contributed by atoms with E-state index in [-0.39, 0.29) is 0 Å². The highest BCUT2D eigenvalue weighted by atomic mass is 15.3. The molecule has 4 nitrogen and oxygen atoms in total. The molecule has 20 heavy (non-hydrogen) atoms. The Kier molecular flexibility index (Phi) is 3.50. The van der Waals surface area contributed by atoms with Gasteiger partial charge in [0.15, 0.2) is 5.65 Å². The Morgan fingerprint density at radius 1 is 1.35 bits per heavy atom. The van der Waals surface area contributed by atoms with Crippen LogP contribution in [0.3, 0.4) is 0 Å². The molecule has 0 spiro atoms. The molecule has 108 valence electrons. The molecule has 0 bridgehead atoms. The van der Waals surface area contributed by atoms with Gasteiger partial charge in [0.1, 0.15) is 0 Å². The third-order valence-electron chi connectivity index (χ3n) is 4.53. The third-order valence-corrected chi connectivity index (χ3v) is 4.53. The van der Waals surface area contributed by atoms with E-state index in [2.05, 4.69) is 36.2 Å². The van der Waals surface area contributed by atoms with Crippen molar-refractivity contribution in [1.82, 2.24) is 19.9 Å². The predicted molar refractivity (Wildman–Crippen MR) is 80.8 cm³/mol. The highest BCUT2D eigenvalue weighted by Crippen LogP contribution is 2.27. The van der Waals surface area contributed by atoms with Gasteiger partial charge >= 0.3 is 0 Å². The van der Waals surface area contributed by atoms with Gasteiger partial charge in [0, 0.05) is 35.6 Å². The molecule has 0 aliphatic heterocycles. The lowest BCUT2D eigenvalue weighted by Crippen LogP contribution is -2.30. The summed E-state index contributed by atoms with van der Waals surface area (Å²) >= 11 is 0. The van der Waals surface area contributed by atoms with E-state index in [1.54, 1.807) is 0 Å². The monoisotopic (exact) mass is 272 g/mol. The molecule has 4 heteroatoms. The van der Waals surface area contributed by atoms with Gasteiger partial charge < -0.3 is 5.32 Å². The minimum Gasteiger partial charge on any atom is -0.307 e. The third kappa shape index (κ3) is 2.44. The lowest BCUT2D eigenvalue weighted by molar-refractivity contribution is 0.446. The Morgan fingerprint density at radius 3 is 2.85 bits per heavy atom. The molecule has 2 aromatic heterocycles. The van der Waals surface area contributed by atoms with Crippen molar-refractivity contribution in [2.75, 3.05) is 0 Å². The SMILES string of the molecule is Cc1cc2ncc(C(C)NC3CCC(C)C3)c(C)n2n1. The summed E-state index contributed by atoms with van der Waals surface area (Å²) in [5.41, 5.74) is 4.39. The van der Waals surface area contributed by atoms with E-state index in [1.807, 2.05) is 23.7 Å². The maximum atomic E-state index is 4.53. The van der Waals surface area contributed by atoms with Gasteiger partial charge in [-0.25, -0.2) is 9.50 Å². The van der Waals surface area contributed by atoms with Gasteiger partial charge in [-0.1, -0.05) is 6.92 Å². The summed E-state index contributed by atoms with van der Waals surface area (Å²) in [5, 5.41) is 8.28. The van der Waals surface area contributed by atoms with Crippen LogP contribution in [0.1, 0.15) is 56.1 Å². The number of nitrogens with zero attached hydrogens (tertiary/aromatic N) is 3. The van der Waals surface area contributed by atoms with Crippen molar-refractivity contribution in [3.8, 4) is 0 Å². The van der Waals surface area contributed by atoms with Crippen molar-refractivity contribution >= 4 is 5.65 Å². The first-order valence-corrected chi connectivity index (χ1v) is 7.62. The van der Waals surface area contributed by atoms with Crippen molar-refractivity contribution in [2.24, 2.45) is 5.92 Å². The largest absolute Gasteiger partial charge is 0.307 e. The highest BCUT2D eigenvalue weighted by molar-refractivity contribution is 5.42. The number of hydrogen-bond donors (Lipinski definition) is 1. The molecule has 3 rings (SSSR count). The van der Waals surface area contributed by atoms with Crippen LogP contribution in [0.2, 0.25) is 0 Å². The molecule has 1 saturated carbocycles. The fourth-order valence-electron chi connectivity index (χ4n) is 3.40. The molecule has 1 aliphatic carbocycles. The predicted octanol–water partition coefficient (Wildman–Crippen LogP) is 3.19. The van der Waals surface area contributed by atoms with Crippen LogP contribution in [-0.2, 0) is 0 Å². The Labute approximate surface area is 120 Å². The summed E-state index contributed by atoms with van der Waals surface area (Å²) in [4.78, 5) is 4.53. The normalized spacial score (nSPS) is 24.4. The molecule has 0 radical (unpaired) electrons. The standard InChI is InChI=1S/C16H24N4/c1-10-5-6-14(7-10)18-12(3)15-9-17-16-8-11(2)19-20(16)13(15)4/h8-10,12,14,18H,5-7H2,1-4H3. The van der Waals surface area contributed by atoms with Gasteiger partial charge in [0.2, 0.25) is 0 Å². The topological polar surface area (TPSA) is 42.2 Å². The zero-order valence-corrected chi connectivity index (χ0v) is 12.8. The number of aryl methyl sites for hydroxylation is 2. The summed E-state index contributed by atoms with van der Waals surface area (Å²) in [6.45, 7) is 8.72. The average Bonchev–Trinajstić information content (AvgIpc) is 2.95. The summed E-state index contributed by atoms with van der Waals surface area (Å²) in [6.07, 6.45) is 5.93. The fourth-order valence-corrected chi connectivity index (χ4v) is 3.40. The quantitative estimate of drug-likeness (QED) is 0.933. The summed E-state index contributed by atoms with van der Waals surface area (Å²) in [6, 6.07) is 2.99. The summed E-state index contributed by atoms with van der Waals surface area (Å²) in [7, 11) is 0. The number of rotatable bonds is 3. The molecule has 0 amide bonds. The average molecular weight is 272 g/mol. The molecule has 1 aliphatic rings. The van der Waals surface area contributed by atoms with E-state index in [1.165, 1.54) is 30.5 Å². The maximum Gasteiger partial charge on any atom is 0.155 e. The zero-order valence-electron chi connectivity index (χ0n) is 12.8. The van der Waals surface area contributed by atoms with E-state index in [4.69, 9.17) is 0 Å². The van der Waals surface area contributed by atoms with E-state index in [0.717, 1.165) is 17.3 Å². The van der Waals surface area contributed by atoms with E-state index in [9.17, 15) is 0 Å². The molecule has 1 fully saturated rings. The smallest absolute Gasteiger partial charge is 0.155 e. The van der Waals surface area contributed by atoms with Crippen LogP contribution in [0.4, 0.5) is 0 Å². The Bertz CT molecular complexity index is 616. The number of fused-ring (bicyclic) bond motifs is 1. The number of nitrogens with one attached hydrogen (secondary N) is 1. The van der Waals surface area contributed by atoms with Gasteiger partial charge in [-0.05, 0) is 46.0 Å². The van der Waals surface area contributed by atoms with E-state index in [0.29, 0.717) is 12.1 Å². The van der Waals surface area contributed by atoms with E-state index >= 15 is 0 Å². The first-order valence-electron chi connectivity index (χ1n) is 7.62. The Morgan fingerprint density at radius 2 is 2.15 bits per heavy atom. The summed E-state index contributed by atoms with van der Waals surface area (Å²) in [5.74, 6) is 0.857. The van der Waals surface area contributed by atoms with Crippen molar-refractivity contribution < 1.29 is 0 Å². The molecule has 2 heterocycles. The van der Waals surface area contributed by atoms with Crippen LogP contribution in [0.25, 0.3) is 5.65 Å². The molecule has 2 aromatic rings. The van der Waals surface area contributed by atoms with Crippen molar-refractivity contribution in [3.05, 3.63) is 29.2 Å². The van der Waals surface area contributed by atoms with Crippen molar-refractivity contribution in [3.63, 3.8) is 0 Å². The van der Waals surface area contributed by atoms with Gasteiger partial charge in [0.05, 0.1) is 5.69 Å². The summed E-state index contributed by atoms with van der Waals surface area (Å²) < 4.78 is 1.96. The molecular formula is C16H24N4. The first-order chi connectivity index (χ1) is 9.54. The van der Waals surface area contributed by atoms with Crippen LogP contribution < -0.4 is 5.32 Å². The molecule has 3 atom stereocenters. The molecule has 0 aromatic carbocycles. The van der Waals surface area contributed by atoms with Crippen LogP contribution in [0, 0.1) is 19.8 Å². The van der Waals surface area contributed by atoms with Gasteiger partial charge in [0.25, 0.3) is 0 Å². The van der Waals surface area contributed by atoms with Crippen LogP contribution in [0.15, 0.2) is 12.3 Å². The second-order valence-electron chi connectivity index (χ2n) is 6.36. The van der Waals surface area contributed by atoms with Gasteiger partial charge in [-0.15, -0.1) is 0 Å².